The van der Waals surface area contributed by atoms with Crippen molar-refractivity contribution in [2.24, 2.45) is 10.2 Å². The first kappa shape index (κ1) is 21.6. The summed E-state index contributed by atoms with van der Waals surface area (Å²) in [5, 5.41) is 10.9. The summed E-state index contributed by atoms with van der Waals surface area (Å²) in [5.74, 6) is -2.23. The highest BCUT2D eigenvalue weighted by Gasteiger charge is 2.33. The highest BCUT2D eigenvalue weighted by atomic mass is 16.5. The average Bonchev–Trinajstić information content (AvgIpc) is 3.06. The van der Waals surface area contributed by atoms with Crippen LogP contribution in [0.15, 0.2) is 83.0 Å². The molecule has 1 N–H and O–H groups in total. The second-order valence-electron chi connectivity index (χ2n) is 7.14. The van der Waals surface area contributed by atoms with Crippen molar-refractivity contribution >= 4 is 40.8 Å². The van der Waals surface area contributed by atoms with Gasteiger partial charge in [0, 0.05) is 12.7 Å². The normalized spacial score (nSPS) is 12.7. The fraction of sp³-hybridized carbons (Fsp3) is 0.0833. The molecule has 0 saturated heterocycles. The Morgan fingerprint density at radius 1 is 0.848 bits per heavy atom. The summed E-state index contributed by atoms with van der Waals surface area (Å²) in [6, 6.07) is 20.0. The third-order valence-corrected chi connectivity index (χ3v) is 4.85. The molecule has 0 saturated carbocycles. The highest BCUT2D eigenvalue weighted by Crippen LogP contribution is 2.23. The first-order chi connectivity index (χ1) is 15.9. The van der Waals surface area contributed by atoms with Crippen molar-refractivity contribution in [1.29, 1.82) is 0 Å². The number of nitrogens with zero attached hydrogens (tertiary/aromatic N) is 3. The van der Waals surface area contributed by atoms with Crippen LogP contribution in [0.5, 0.6) is 0 Å². The van der Waals surface area contributed by atoms with Gasteiger partial charge >= 0.3 is 5.97 Å². The summed E-state index contributed by atoms with van der Waals surface area (Å²) >= 11 is 0. The number of rotatable bonds is 6. The van der Waals surface area contributed by atoms with E-state index in [-0.39, 0.29) is 16.7 Å². The Labute approximate surface area is 188 Å². The summed E-state index contributed by atoms with van der Waals surface area (Å²) in [6.45, 7) is -0.516. The number of amides is 3. The maximum Gasteiger partial charge on any atom is 0.338 e. The number of hydrogen-bond acceptors (Lipinski definition) is 7. The molecule has 0 atom stereocenters. The topological polar surface area (TPSA) is 118 Å². The summed E-state index contributed by atoms with van der Waals surface area (Å²) < 4.78 is 5.03. The zero-order chi connectivity index (χ0) is 23.4. The molecule has 4 rings (SSSR count). The summed E-state index contributed by atoms with van der Waals surface area (Å²) in [7, 11) is 1.37. The number of esters is 1. The Morgan fingerprint density at radius 2 is 1.48 bits per heavy atom. The van der Waals surface area contributed by atoms with Crippen LogP contribution in [0.4, 0.5) is 17.1 Å². The number of fused-ring (bicyclic) bond motifs is 1. The predicted molar refractivity (Wildman–Crippen MR) is 119 cm³/mol. The van der Waals surface area contributed by atoms with Crippen LogP contribution >= 0.6 is 0 Å². The Balaban J connectivity index is 1.31. The number of benzene rings is 3. The lowest BCUT2D eigenvalue weighted by Crippen LogP contribution is -2.24. The SMILES string of the molecule is CN1C(=O)c2ccc(C(=O)OCC(=O)Nc3ccc(N=Nc4ccccc4)cc3)cc2C1=O. The molecular weight excluding hydrogens is 424 g/mol. The standard InChI is InChI=1S/C24H18N4O5/c1-28-22(30)19-12-7-15(13-20(19)23(28)31)24(32)33-14-21(29)25-16-8-10-18(11-9-16)27-26-17-5-3-2-4-6-17/h2-13H,14H2,1H3,(H,25,29). The minimum Gasteiger partial charge on any atom is -0.452 e. The second-order valence-corrected chi connectivity index (χ2v) is 7.14. The second kappa shape index (κ2) is 9.23. The largest absolute Gasteiger partial charge is 0.452 e. The molecule has 3 amide bonds. The number of imide groups is 1. The van der Waals surface area contributed by atoms with E-state index >= 15 is 0 Å². The molecule has 1 heterocycles. The van der Waals surface area contributed by atoms with E-state index < -0.39 is 30.3 Å². The van der Waals surface area contributed by atoms with Crippen LogP contribution in [0.1, 0.15) is 31.1 Å². The van der Waals surface area contributed by atoms with Crippen molar-refractivity contribution in [3.05, 3.63) is 89.5 Å². The van der Waals surface area contributed by atoms with Crippen molar-refractivity contribution in [3.63, 3.8) is 0 Å². The van der Waals surface area contributed by atoms with E-state index in [4.69, 9.17) is 4.74 Å². The Morgan fingerprint density at radius 3 is 2.18 bits per heavy atom. The maximum absolute atomic E-state index is 12.3. The number of hydrogen-bond donors (Lipinski definition) is 1. The molecular formula is C24H18N4O5. The van der Waals surface area contributed by atoms with E-state index in [1.807, 2.05) is 30.3 Å². The molecule has 0 spiro atoms. The fourth-order valence-electron chi connectivity index (χ4n) is 3.12. The number of azo groups is 1. The van der Waals surface area contributed by atoms with Gasteiger partial charge in [-0.2, -0.15) is 10.2 Å². The third-order valence-electron chi connectivity index (χ3n) is 4.85. The van der Waals surface area contributed by atoms with Gasteiger partial charge in [-0.1, -0.05) is 18.2 Å². The molecule has 9 nitrogen and oxygen atoms in total. The molecule has 0 unspecified atom stereocenters. The molecule has 0 aromatic heterocycles. The highest BCUT2D eigenvalue weighted by molar-refractivity contribution is 6.21. The van der Waals surface area contributed by atoms with Crippen molar-refractivity contribution in [2.75, 3.05) is 19.0 Å². The number of nitrogens with one attached hydrogen (secondary N) is 1. The molecule has 1 aliphatic rings. The molecule has 3 aromatic carbocycles. The van der Waals surface area contributed by atoms with E-state index in [9.17, 15) is 19.2 Å². The Bertz CT molecular complexity index is 1270. The van der Waals surface area contributed by atoms with E-state index in [0.717, 1.165) is 10.6 Å². The van der Waals surface area contributed by atoms with Crippen LogP contribution in [-0.2, 0) is 9.53 Å². The molecule has 0 radical (unpaired) electrons. The van der Waals surface area contributed by atoms with Crippen LogP contribution in [0.25, 0.3) is 0 Å². The van der Waals surface area contributed by atoms with Gasteiger partial charge in [-0.25, -0.2) is 4.79 Å². The van der Waals surface area contributed by atoms with E-state index in [1.54, 1.807) is 24.3 Å². The van der Waals surface area contributed by atoms with Crippen LogP contribution < -0.4 is 5.32 Å². The number of anilines is 1. The quantitative estimate of drug-likeness (QED) is 0.350. The fourth-order valence-corrected chi connectivity index (χ4v) is 3.12. The maximum atomic E-state index is 12.3. The lowest BCUT2D eigenvalue weighted by molar-refractivity contribution is -0.119. The lowest BCUT2D eigenvalue weighted by Gasteiger charge is -2.07. The van der Waals surface area contributed by atoms with Crippen molar-refractivity contribution < 1.29 is 23.9 Å². The van der Waals surface area contributed by atoms with Gasteiger partial charge in [0.2, 0.25) is 0 Å². The van der Waals surface area contributed by atoms with E-state index in [1.165, 1.54) is 25.2 Å². The minimum atomic E-state index is -0.778. The molecule has 0 aliphatic carbocycles. The Hall–Kier alpha value is -4.66. The van der Waals surface area contributed by atoms with Crippen LogP contribution in [0.2, 0.25) is 0 Å². The van der Waals surface area contributed by atoms with Crippen molar-refractivity contribution in [2.45, 2.75) is 0 Å². The monoisotopic (exact) mass is 442 g/mol. The van der Waals surface area contributed by atoms with Gasteiger partial charge in [-0.3, -0.25) is 19.3 Å². The summed E-state index contributed by atoms with van der Waals surface area (Å²) in [5.41, 5.74) is 2.27. The molecule has 3 aromatic rings. The first-order valence-corrected chi connectivity index (χ1v) is 9.92. The third kappa shape index (κ3) is 4.82. The van der Waals surface area contributed by atoms with Gasteiger partial charge in [0.15, 0.2) is 6.61 Å². The predicted octanol–water partition coefficient (Wildman–Crippen LogP) is 4.12. The van der Waals surface area contributed by atoms with E-state index in [2.05, 4.69) is 15.5 Å². The zero-order valence-electron chi connectivity index (χ0n) is 17.5. The van der Waals surface area contributed by atoms with Crippen molar-refractivity contribution in [3.8, 4) is 0 Å². The summed E-state index contributed by atoms with van der Waals surface area (Å²) in [4.78, 5) is 49.4. The van der Waals surface area contributed by atoms with Gasteiger partial charge in [-0.05, 0) is 54.6 Å². The first-order valence-electron chi connectivity index (χ1n) is 9.92. The molecule has 9 heteroatoms. The molecule has 0 bridgehead atoms. The van der Waals surface area contributed by atoms with Gasteiger partial charge in [0.05, 0.1) is 28.1 Å². The van der Waals surface area contributed by atoms with Gasteiger partial charge in [0.1, 0.15) is 0 Å². The van der Waals surface area contributed by atoms with Gasteiger partial charge < -0.3 is 10.1 Å². The lowest BCUT2D eigenvalue weighted by atomic mass is 10.1. The average molecular weight is 442 g/mol. The number of carbonyl (C=O) groups is 4. The number of ether oxygens (including phenoxy) is 1. The van der Waals surface area contributed by atoms with Crippen LogP contribution in [0.3, 0.4) is 0 Å². The Kier molecular flexibility index (Phi) is 6.03. The molecule has 1 aliphatic heterocycles. The molecule has 0 fully saturated rings. The van der Waals surface area contributed by atoms with Crippen LogP contribution in [0, 0.1) is 0 Å². The van der Waals surface area contributed by atoms with Crippen molar-refractivity contribution in [1.82, 2.24) is 4.90 Å². The van der Waals surface area contributed by atoms with Gasteiger partial charge in [-0.15, -0.1) is 0 Å². The summed E-state index contributed by atoms with van der Waals surface area (Å²) in [6.07, 6.45) is 0. The van der Waals surface area contributed by atoms with E-state index in [0.29, 0.717) is 11.4 Å². The zero-order valence-corrected chi connectivity index (χ0v) is 17.5. The minimum absolute atomic E-state index is 0.0751. The van der Waals surface area contributed by atoms with Gasteiger partial charge in [0.25, 0.3) is 17.7 Å². The van der Waals surface area contributed by atoms with Crippen LogP contribution in [-0.4, -0.2) is 42.2 Å². The number of carbonyl (C=O) groups excluding carboxylic acids is 4. The molecule has 33 heavy (non-hydrogen) atoms. The molecule has 164 valence electrons. The smallest absolute Gasteiger partial charge is 0.338 e.